The van der Waals surface area contributed by atoms with E-state index in [0.29, 0.717) is 5.92 Å². The largest absolute Gasteiger partial charge is 0.386 e. The van der Waals surface area contributed by atoms with Gasteiger partial charge in [0, 0.05) is 0 Å². The van der Waals surface area contributed by atoms with Crippen LogP contribution in [-0.4, -0.2) is 23.8 Å². The normalized spacial score (nSPS) is 20.9. The van der Waals surface area contributed by atoms with Gasteiger partial charge in [0.1, 0.15) is 0 Å². The van der Waals surface area contributed by atoms with Crippen LogP contribution in [0.5, 0.6) is 0 Å². The summed E-state index contributed by atoms with van der Waals surface area (Å²) in [6.45, 7) is 8.33. The Kier molecular flexibility index (Phi) is 6.21. The van der Waals surface area contributed by atoms with Gasteiger partial charge in [0.05, 0.1) is 5.60 Å². The molecule has 0 amide bonds. The van der Waals surface area contributed by atoms with Gasteiger partial charge in [-0.15, -0.1) is 0 Å². The van der Waals surface area contributed by atoms with Gasteiger partial charge in [0.25, 0.3) is 0 Å². The molecule has 1 aliphatic carbocycles. The van der Waals surface area contributed by atoms with Crippen molar-refractivity contribution in [2.45, 2.75) is 64.9 Å². The zero-order valence-corrected chi connectivity index (χ0v) is 11.8. The van der Waals surface area contributed by atoms with Crippen molar-refractivity contribution in [3.05, 3.63) is 11.6 Å². The summed E-state index contributed by atoms with van der Waals surface area (Å²) in [4.78, 5) is 0. The van der Waals surface area contributed by atoms with E-state index in [1.807, 2.05) is 6.92 Å². The van der Waals surface area contributed by atoms with Gasteiger partial charge < -0.3 is 10.4 Å². The fourth-order valence-electron chi connectivity index (χ4n) is 2.39. The van der Waals surface area contributed by atoms with Crippen LogP contribution in [0.4, 0.5) is 0 Å². The van der Waals surface area contributed by atoms with Crippen LogP contribution in [-0.2, 0) is 0 Å². The van der Waals surface area contributed by atoms with Crippen molar-refractivity contribution in [3.8, 4) is 0 Å². The first-order valence-electron chi connectivity index (χ1n) is 7.15. The Morgan fingerprint density at radius 2 is 2.12 bits per heavy atom. The molecule has 1 atom stereocenters. The molecule has 0 saturated heterocycles. The average molecular weight is 239 g/mol. The van der Waals surface area contributed by atoms with E-state index in [1.165, 1.54) is 24.8 Å². The first kappa shape index (κ1) is 14.7. The molecule has 0 radical (unpaired) electrons. The highest BCUT2D eigenvalue weighted by Gasteiger charge is 2.25. The molecule has 1 aliphatic rings. The van der Waals surface area contributed by atoms with Gasteiger partial charge in [-0.2, -0.15) is 0 Å². The Labute approximate surface area is 106 Å². The summed E-state index contributed by atoms with van der Waals surface area (Å²) in [5.74, 6) is 0.678. The van der Waals surface area contributed by atoms with Crippen molar-refractivity contribution in [2.24, 2.45) is 5.92 Å². The number of allylic oxidation sites excluding steroid dienone is 1. The van der Waals surface area contributed by atoms with Crippen LogP contribution in [0, 0.1) is 5.92 Å². The van der Waals surface area contributed by atoms with Crippen LogP contribution in [0.3, 0.4) is 0 Å². The number of hydrogen-bond acceptors (Lipinski definition) is 2. The van der Waals surface area contributed by atoms with Gasteiger partial charge in [-0.3, -0.25) is 0 Å². The summed E-state index contributed by atoms with van der Waals surface area (Å²) in [6.07, 6.45) is 9.15. The van der Waals surface area contributed by atoms with Crippen LogP contribution in [0.1, 0.15) is 59.3 Å². The van der Waals surface area contributed by atoms with Crippen molar-refractivity contribution in [2.75, 3.05) is 13.1 Å². The third-order valence-corrected chi connectivity index (χ3v) is 3.57. The third kappa shape index (κ3) is 5.69. The minimum atomic E-state index is -0.603. The van der Waals surface area contributed by atoms with Crippen molar-refractivity contribution in [1.29, 1.82) is 0 Å². The summed E-state index contributed by atoms with van der Waals surface area (Å²) in [5, 5.41) is 13.9. The number of hydrogen-bond donors (Lipinski definition) is 2. The van der Waals surface area contributed by atoms with Crippen LogP contribution in [0.2, 0.25) is 0 Å². The lowest BCUT2D eigenvalue weighted by atomic mass is 9.89. The number of nitrogens with one attached hydrogen (secondary N) is 1. The summed E-state index contributed by atoms with van der Waals surface area (Å²) >= 11 is 0. The topological polar surface area (TPSA) is 32.3 Å². The van der Waals surface area contributed by atoms with Gasteiger partial charge in [-0.25, -0.2) is 0 Å². The fourth-order valence-corrected chi connectivity index (χ4v) is 2.39. The van der Waals surface area contributed by atoms with Crippen molar-refractivity contribution < 1.29 is 5.11 Å². The number of rotatable bonds is 6. The van der Waals surface area contributed by atoms with Crippen molar-refractivity contribution >= 4 is 0 Å². The lowest BCUT2D eigenvalue weighted by Crippen LogP contribution is -2.33. The van der Waals surface area contributed by atoms with E-state index in [4.69, 9.17) is 0 Å². The van der Waals surface area contributed by atoms with Crippen molar-refractivity contribution in [3.63, 3.8) is 0 Å². The first-order chi connectivity index (χ1) is 8.02. The van der Waals surface area contributed by atoms with Crippen LogP contribution in [0.25, 0.3) is 0 Å². The Balaban J connectivity index is 2.35. The van der Waals surface area contributed by atoms with Crippen molar-refractivity contribution in [1.82, 2.24) is 5.32 Å². The van der Waals surface area contributed by atoms with E-state index >= 15 is 0 Å². The second-order valence-electron chi connectivity index (χ2n) is 5.95. The monoisotopic (exact) mass is 239 g/mol. The molecule has 1 rings (SSSR count). The second kappa shape index (κ2) is 7.17. The molecular formula is C15H29NO. The lowest BCUT2D eigenvalue weighted by Gasteiger charge is -2.27. The molecule has 0 fully saturated rings. The maximum atomic E-state index is 10.5. The molecule has 0 spiro atoms. The molecule has 2 N–H and O–H groups in total. The Hall–Kier alpha value is -0.340. The SMILES string of the molecule is CC(C)CNCCC(C)(O)C1=CCCCCC1. The molecule has 1 unspecified atom stereocenters. The zero-order chi connectivity index (χ0) is 12.7. The van der Waals surface area contributed by atoms with Gasteiger partial charge >= 0.3 is 0 Å². The molecule has 100 valence electrons. The lowest BCUT2D eigenvalue weighted by molar-refractivity contribution is 0.0848. The van der Waals surface area contributed by atoms with Gasteiger partial charge in [0.15, 0.2) is 0 Å². The molecule has 0 bridgehead atoms. The van der Waals surface area contributed by atoms with E-state index in [9.17, 15) is 5.11 Å². The average Bonchev–Trinajstić information content (AvgIpc) is 2.53. The molecule has 0 aliphatic heterocycles. The highest BCUT2D eigenvalue weighted by Crippen LogP contribution is 2.28. The molecule has 0 aromatic heterocycles. The molecule has 2 nitrogen and oxygen atoms in total. The quantitative estimate of drug-likeness (QED) is 0.551. The van der Waals surface area contributed by atoms with E-state index in [2.05, 4.69) is 25.2 Å². The maximum absolute atomic E-state index is 10.5. The van der Waals surface area contributed by atoms with E-state index in [-0.39, 0.29) is 0 Å². The fraction of sp³-hybridized carbons (Fsp3) is 0.867. The minimum absolute atomic E-state index is 0.603. The zero-order valence-electron chi connectivity index (χ0n) is 11.8. The van der Waals surface area contributed by atoms with Gasteiger partial charge in [0.2, 0.25) is 0 Å². The Bertz CT molecular complexity index is 243. The van der Waals surface area contributed by atoms with Crippen LogP contribution < -0.4 is 5.32 Å². The van der Waals surface area contributed by atoms with E-state index < -0.39 is 5.60 Å². The summed E-state index contributed by atoms with van der Waals surface area (Å²) in [5.41, 5.74) is 0.662. The summed E-state index contributed by atoms with van der Waals surface area (Å²) in [7, 11) is 0. The molecular weight excluding hydrogens is 210 g/mol. The van der Waals surface area contributed by atoms with E-state index in [0.717, 1.165) is 32.4 Å². The second-order valence-corrected chi connectivity index (χ2v) is 5.95. The molecule has 2 heteroatoms. The molecule has 0 heterocycles. The molecule has 0 aromatic rings. The highest BCUT2D eigenvalue weighted by molar-refractivity contribution is 5.16. The van der Waals surface area contributed by atoms with E-state index in [1.54, 1.807) is 0 Å². The Morgan fingerprint density at radius 3 is 2.82 bits per heavy atom. The van der Waals surface area contributed by atoms with Crippen LogP contribution >= 0.6 is 0 Å². The van der Waals surface area contributed by atoms with Gasteiger partial charge in [-0.05, 0) is 63.6 Å². The standard InChI is InChI=1S/C15H29NO/c1-13(2)12-16-11-10-15(3,17)14-8-6-4-5-7-9-14/h8,13,16-17H,4-7,9-12H2,1-3H3. The molecule has 0 saturated carbocycles. The smallest absolute Gasteiger partial charge is 0.0840 e. The highest BCUT2D eigenvalue weighted by atomic mass is 16.3. The molecule has 0 aromatic carbocycles. The Morgan fingerprint density at radius 1 is 1.35 bits per heavy atom. The predicted molar refractivity (Wildman–Crippen MR) is 74.1 cm³/mol. The maximum Gasteiger partial charge on any atom is 0.0840 e. The summed E-state index contributed by atoms with van der Waals surface area (Å²) < 4.78 is 0. The minimum Gasteiger partial charge on any atom is -0.386 e. The van der Waals surface area contributed by atoms with Crippen LogP contribution in [0.15, 0.2) is 11.6 Å². The molecule has 17 heavy (non-hydrogen) atoms. The predicted octanol–water partition coefficient (Wildman–Crippen LogP) is 3.26. The van der Waals surface area contributed by atoms with Gasteiger partial charge in [-0.1, -0.05) is 26.3 Å². The third-order valence-electron chi connectivity index (χ3n) is 3.57. The summed E-state index contributed by atoms with van der Waals surface area (Å²) in [6, 6.07) is 0. The number of aliphatic hydroxyl groups is 1. The first-order valence-corrected chi connectivity index (χ1v) is 7.15.